The van der Waals surface area contributed by atoms with Crippen LogP contribution in [0.1, 0.15) is 63.1 Å². The molecule has 0 radical (unpaired) electrons. The number of fused-ring (bicyclic) bond motifs is 1. The monoisotopic (exact) mass is 833 g/mol. The van der Waals surface area contributed by atoms with Gasteiger partial charge in [-0.05, 0) is 112 Å². The van der Waals surface area contributed by atoms with Crippen molar-refractivity contribution in [2.24, 2.45) is 17.6 Å². The summed E-state index contributed by atoms with van der Waals surface area (Å²) in [6.45, 7) is 12.4. The zero-order valence-electron chi connectivity index (χ0n) is 35.3. The van der Waals surface area contributed by atoms with Gasteiger partial charge in [-0.3, -0.25) is 10.1 Å². The predicted molar refractivity (Wildman–Crippen MR) is 241 cm³/mol. The van der Waals surface area contributed by atoms with Gasteiger partial charge in [0.25, 0.3) is 0 Å². The molecule has 0 saturated carbocycles. The Hall–Kier alpha value is -5.60. The zero-order chi connectivity index (χ0) is 43.8. The molecular weight excluding hydrogens is 771 g/mol. The Morgan fingerprint density at radius 1 is 0.915 bits per heavy atom. The largest absolute Gasteiger partial charge is 0.445 e. The highest BCUT2D eigenvalue weighted by Crippen LogP contribution is 2.30. The van der Waals surface area contributed by atoms with Gasteiger partial charge in [0.2, 0.25) is 6.41 Å². The summed E-state index contributed by atoms with van der Waals surface area (Å²) in [7, 11) is 3.75. The molecule has 1 saturated heterocycles. The molecule has 322 valence electrons. The Morgan fingerprint density at radius 2 is 1.49 bits per heavy atom. The number of hydrogen-bond acceptors (Lipinski definition) is 11. The molecule has 3 aromatic carbocycles. The van der Waals surface area contributed by atoms with Crippen LogP contribution in [-0.4, -0.2) is 63.1 Å². The highest BCUT2D eigenvalue weighted by molar-refractivity contribution is 7.99. The summed E-state index contributed by atoms with van der Waals surface area (Å²) < 4.78 is 15.8. The lowest BCUT2D eigenvalue weighted by Crippen LogP contribution is -2.47. The topological polar surface area (TPSA) is 191 Å². The number of ether oxygens (including phenoxy) is 2. The minimum absolute atomic E-state index is 0.145. The molecule has 14 heteroatoms. The van der Waals surface area contributed by atoms with Gasteiger partial charge in [0.15, 0.2) is 0 Å². The van der Waals surface area contributed by atoms with Crippen LogP contribution in [0.25, 0.3) is 11.0 Å². The smallest absolute Gasteiger partial charge is 0.411 e. The number of hydrogen-bond donors (Lipinski definition) is 5. The van der Waals surface area contributed by atoms with E-state index < -0.39 is 17.8 Å². The van der Waals surface area contributed by atoms with Crippen LogP contribution < -0.4 is 32.6 Å². The van der Waals surface area contributed by atoms with Crippen molar-refractivity contribution in [3.05, 3.63) is 119 Å². The SMILES string of the molecule is C=CC.CC.CNCCC[C@@H](C=O)C(NC(=O)OCc1ccccc1)C1CCSCC1.CNc1ccc(COC(=O)Nc2ccc3c(C)cc(=O)oc3c2)cc1.NC=O. The van der Waals surface area contributed by atoms with Gasteiger partial charge in [0, 0.05) is 47.9 Å². The van der Waals surface area contributed by atoms with E-state index in [1.54, 1.807) is 24.3 Å². The summed E-state index contributed by atoms with van der Waals surface area (Å²) in [6, 6.07) is 23.6. The molecule has 0 bridgehead atoms. The molecule has 2 heterocycles. The number of primary amides is 1. The Kier molecular flexibility index (Phi) is 27.4. The van der Waals surface area contributed by atoms with Crippen LogP contribution in [0.15, 0.2) is 101 Å². The highest BCUT2D eigenvalue weighted by Gasteiger charge is 2.32. The maximum Gasteiger partial charge on any atom is 0.411 e. The van der Waals surface area contributed by atoms with E-state index >= 15 is 0 Å². The van der Waals surface area contributed by atoms with E-state index in [1.165, 1.54) is 6.07 Å². The lowest BCUT2D eigenvalue weighted by Gasteiger charge is -2.34. The molecule has 0 spiro atoms. The van der Waals surface area contributed by atoms with Crippen LogP contribution in [0.4, 0.5) is 21.0 Å². The van der Waals surface area contributed by atoms with Crippen LogP contribution in [0, 0.1) is 18.8 Å². The molecular formula is C45H63N5O8S. The maximum atomic E-state index is 12.4. The second-order valence-electron chi connectivity index (χ2n) is 12.9. The maximum absolute atomic E-state index is 12.4. The van der Waals surface area contributed by atoms with Crippen LogP contribution in [0.3, 0.4) is 0 Å². The molecule has 5 rings (SSSR count). The van der Waals surface area contributed by atoms with Crippen LogP contribution in [0.5, 0.6) is 0 Å². The summed E-state index contributed by atoms with van der Waals surface area (Å²) in [5, 5.41) is 12.6. The van der Waals surface area contributed by atoms with E-state index in [0.717, 1.165) is 77.8 Å². The van der Waals surface area contributed by atoms with Crippen molar-refractivity contribution in [3.8, 4) is 0 Å². The van der Waals surface area contributed by atoms with Crippen molar-refractivity contribution in [1.82, 2.24) is 10.6 Å². The first-order chi connectivity index (χ1) is 28.6. The lowest BCUT2D eigenvalue weighted by atomic mass is 9.83. The van der Waals surface area contributed by atoms with Gasteiger partial charge < -0.3 is 40.4 Å². The predicted octanol–water partition coefficient (Wildman–Crippen LogP) is 8.45. The number of allylic oxidation sites excluding steroid dienone is 1. The standard InChI is InChI=1S/C20H30N2O3S.C19H18N2O4.C3H6.C2H6.CH3NO/c1-21-11-5-8-18(14-23)19(17-9-12-26-13-10-17)22-20(24)25-15-16-6-3-2-4-7-16;1-12-9-18(22)25-17-10-15(7-8-16(12)17)21-19(23)24-11-13-3-5-14(20-2)6-4-13;1-3-2;1-2;2-1-3/h2-4,6-7,14,17-19,21H,5,8-13,15H2,1H3,(H,22,24);3-10,20H,11H2,1-2H3,(H,21,23);3H,1H2,2H3;1-2H3;1H,(H2,2,3)/t18-,19?;;;;/m0..../s1. The first kappa shape index (κ1) is 51.4. The first-order valence-corrected chi connectivity index (χ1v) is 20.9. The van der Waals surface area contributed by atoms with Crippen molar-refractivity contribution in [3.63, 3.8) is 0 Å². The Balaban J connectivity index is 0.000000502. The number of aryl methyl sites for hydroxylation is 1. The molecule has 1 aliphatic heterocycles. The molecule has 6 N–H and O–H groups in total. The van der Waals surface area contributed by atoms with Gasteiger partial charge in [0.1, 0.15) is 25.1 Å². The fourth-order valence-electron chi connectivity index (χ4n) is 5.87. The van der Waals surface area contributed by atoms with Gasteiger partial charge in [-0.2, -0.15) is 11.8 Å². The number of carbonyl (C=O) groups excluding carboxylic acids is 4. The minimum Gasteiger partial charge on any atom is -0.445 e. The first-order valence-electron chi connectivity index (χ1n) is 19.7. The average molecular weight is 834 g/mol. The molecule has 1 aliphatic rings. The molecule has 13 nitrogen and oxygen atoms in total. The zero-order valence-corrected chi connectivity index (χ0v) is 36.1. The van der Waals surface area contributed by atoms with Crippen molar-refractivity contribution >= 4 is 59.0 Å². The van der Waals surface area contributed by atoms with Gasteiger partial charge in [-0.1, -0.05) is 62.4 Å². The van der Waals surface area contributed by atoms with E-state index in [-0.39, 0.29) is 31.6 Å². The number of benzene rings is 3. The number of nitrogens with two attached hydrogens (primary N) is 1. The van der Waals surface area contributed by atoms with Crippen LogP contribution in [-0.2, 0) is 32.3 Å². The van der Waals surface area contributed by atoms with E-state index in [2.05, 4.69) is 33.6 Å². The summed E-state index contributed by atoms with van der Waals surface area (Å²) in [5.41, 5.74) is 8.31. The number of carbonyl (C=O) groups is 4. The molecule has 2 atom stereocenters. The van der Waals surface area contributed by atoms with E-state index in [0.29, 0.717) is 17.2 Å². The van der Waals surface area contributed by atoms with Crippen LogP contribution in [0.2, 0.25) is 0 Å². The summed E-state index contributed by atoms with van der Waals surface area (Å²) >= 11 is 1.94. The Bertz CT molecular complexity index is 1850. The number of anilines is 2. The van der Waals surface area contributed by atoms with Gasteiger partial charge in [-0.25, -0.2) is 14.4 Å². The van der Waals surface area contributed by atoms with E-state index in [4.69, 9.17) is 18.7 Å². The van der Waals surface area contributed by atoms with Gasteiger partial charge in [-0.15, -0.1) is 6.58 Å². The number of thioether (sulfide) groups is 1. The quantitative estimate of drug-likeness (QED) is 0.0355. The minimum atomic E-state index is -0.577. The highest BCUT2D eigenvalue weighted by atomic mass is 32.2. The number of rotatable bonds is 14. The number of aldehydes is 1. The normalized spacial score (nSPS) is 12.6. The Labute approximate surface area is 353 Å². The Morgan fingerprint density at radius 3 is 2.07 bits per heavy atom. The summed E-state index contributed by atoms with van der Waals surface area (Å²) in [5.74, 6) is 2.35. The fraction of sp³-hybridized carbons (Fsp3) is 0.400. The molecule has 4 aromatic rings. The molecule has 0 aliphatic carbocycles. The summed E-state index contributed by atoms with van der Waals surface area (Å²) in [4.78, 5) is 56.1. The number of amides is 3. The van der Waals surface area contributed by atoms with E-state index in [1.807, 2.05) is 108 Å². The third-order valence-electron chi connectivity index (χ3n) is 8.68. The molecule has 59 heavy (non-hydrogen) atoms. The van der Waals surface area contributed by atoms with Crippen molar-refractivity contribution in [1.29, 1.82) is 0 Å². The van der Waals surface area contributed by atoms with Gasteiger partial charge >= 0.3 is 17.8 Å². The average Bonchev–Trinajstić information content (AvgIpc) is 3.25. The lowest BCUT2D eigenvalue weighted by molar-refractivity contribution is -0.112. The van der Waals surface area contributed by atoms with Crippen LogP contribution >= 0.6 is 11.8 Å². The summed E-state index contributed by atoms with van der Waals surface area (Å²) in [6.07, 6.45) is 5.76. The van der Waals surface area contributed by atoms with Crippen molar-refractivity contribution in [2.45, 2.75) is 72.6 Å². The number of nitrogens with one attached hydrogen (secondary N) is 4. The molecule has 1 unspecified atom stereocenters. The third kappa shape index (κ3) is 20.6. The van der Waals surface area contributed by atoms with E-state index in [9.17, 15) is 19.2 Å². The molecule has 3 amide bonds. The fourth-order valence-corrected chi connectivity index (χ4v) is 7.01. The van der Waals surface area contributed by atoms with Crippen molar-refractivity contribution < 1.29 is 33.1 Å². The second-order valence-corrected chi connectivity index (χ2v) is 14.1. The van der Waals surface area contributed by atoms with Crippen molar-refractivity contribution in [2.75, 3.05) is 42.8 Å². The van der Waals surface area contributed by atoms with Gasteiger partial charge in [0.05, 0.1) is 0 Å². The third-order valence-corrected chi connectivity index (χ3v) is 9.73. The number of alkyl carbamates (subject to hydrolysis) is 1. The molecule has 1 fully saturated rings. The molecule has 1 aromatic heterocycles. The second kappa shape index (κ2) is 31.4.